The summed E-state index contributed by atoms with van der Waals surface area (Å²) in [5.41, 5.74) is 0.704. The fourth-order valence-corrected chi connectivity index (χ4v) is 1.92. The van der Waals surface area contributed by atoms with Gasteiger partial charge in [0.1, 0.15) is 5.82 Å². The molecule has 0 amide bonds. The molecule has 0 aliphatic rings. The van der Waals surface area contributed by atoms with Gasteiger partial charge in [-0.05, 0) is 36.7 Å². The highest BCUT2D eigenvalue weighted by Crippen LogP contribution is 2.15. The highest BCUT2D eigenvalue weighted by atomic mass is 79.9. The number of carbonyl (C=O) groups excluding carboxylic acids is 1. The Morgan fingerprint density at radius 3 is 2.81 bits per heavy atom. The van der Waals surface area contributed by atoms with Crippen molar-refractivity contribution in [1.29, 1.82) is 0 Å². The molecule has 0 fully saturated rings. The first-order chi connectivity index (χ1) is 7.61. The van der Waals surface area contributed by atoms with E-state index < -0.39 is 0 Å². The standard InChI is InChI=1S/C12H15BrFNO/c1-2-3-15-8-12(16)6-9-4-10(13)7-11(14)5-9/h4-5,7,15H,2-3,6,8H2,1H3. The molecule has 0 aliphatic carbocycles. The summed E-state index contributed by atoms with van der Waals surface area (Å²) in [7, 11) is 0. The lowest BCUT2D eigenvalue weighted by molar-refractivity contribution is -0.117. The Balaban J connectivity index is 2.49. The van der Waals surface area contributed by atoms with Gasteiger partial charge in [0, 0.05) is 10.9 Å². The van der Waals surface area contributed by atoms with Crippen molar-refractivity contribution >= 4 is 21.7 Å². The topological polar surface area (TPSA) is 29.1 Å². The van der Waals surface area contributed by atoms with E-state index in [1.807, 2.05) is 6.92 Å². The highest BCUT2D eigenvalue weighted by molar-refractivity contribution is 9.10. The first-order valence-electron chi connectivity index (χ1n) is 5.29. The van der Waals surface area contributed by atoms with Gasteiger partial charge in [-0.3, -0.25) is 4.79 Å². The van der Waals surface area contributed by atoms with Gasteiger partial charge in [-0.25, -0.2) is 4.39 Å². The lowest BCUT2D eigenvalue weighted by atomic mass is 10.1. The van der Waals surface area contributed by atoms with Crippen LogP contribution in [0.3, 0.4) is 0 Å². The third-order valence-electron chi connectivity index (χ3n) is 2.07. The van der Waals surface area contributed by atoms with E-state index in [4.69, 9.17) is 0 Å². The number of nitrogens with one attached hydrogen (secondary N) is 1. The van der Waals surface area contributed by atoms with E-state index >= 15 is 0 Å². The van der Waals surface area contributed by atoms with Gasteiger partial charge < -0.3 is 5.32 Å². The zero-order valence-corrected chi connectivity index (χ0v) is 10.8. The Kier molecular flexibility index (Phi) is 5.63. The second kappa shape index (κ2) is 6.76. The Bertz CT molecular complexity index is 348. The third-order valence-corrected chi connectivity index (χ3v) is 2.53. The normalized spacial score (nSPS) is 10.4. The Hall–Kier alpha value is -0.740. The zero-order valence-electron chi connectivity index (χ0n) is 9.22. The molecule has 2 nitrogen and oxygen atoms in total. The number of hydrogen-bond donors (Lipinski definition) is 1. The average Bonchev–Trinajstić information content (AvgIpc) is 2.16. The smallest absolute Gasteiger partial charge is 0.150 e. The molecule has 0 unspecified atom stereocenters. The van der Waals surface area contributed by atoms with Crippen LogP contribution < -0.4 is 5.32 Å². The van der Waals surface area contributed by atoms with Crippen LogP contribution in [-0.4, -0.2) is 18.9 Å². The van der Waals surface area contributed by atoms with Crippen molar-refractivity contribution in [2.75, 3.05) is 13.1 Å². The molecule has 1 rings (SSSR count). The zero-order chi connectivity index (χ0) is 12.0. The SMILES string of the molecule is CCCNCC(=O)Cc1cc(F)cc(Br)c1. The van der Waals surface area contributed by atoms with Gasteiger partial charge in [0.2, 0.25) is 0 Å². The molecule has 0 atom stereocenters. The Morgan fingerprint density at radius 1 is 1.44 bits per heavy atom. The van der Waals surface area contributed by atoms with Crippen LogP contribution in [0.5, 0.6) is 0 Å². The number of Topliss-reactive ketones (excluding diaryl/α,β-unsaturated/α-hetero) is 1. The fraction of sp³-hybridized carbons (Fsp3) is 0.417. The third kappa shape index (κ3) is 4.86. The summed E-state index contributed by atoms with van der Waals surface area (Å²) in [6.45, 7) is 3.22. The highest BCUT2D eigenvalue weighted by Gasteiger charge is 2.05. The predicted octanol–water partition coefficient (Wildman–Crippen LogP) is 2.70. The summed E-state index contributed by atoms with van der Waals surface area (Å²) in [5.74, 6) is -0.246. The Morgan fingerprint density at radius 2 is 2.19 bits per heavy atom. The van der Waals surface area contributed by atoms with Crippen molar-refractivity contribution in [3.05, 3.63) is 34.1 Å². The predicted molar refractivity (Wildman–Crippen MR) is 66.0 cm³/mol. The first kappa shape index (κ1) is 13.3. The summed E-state index contributed by atoms with van der Waals surface area (Å²) in [4.78, 5) is 11.5. The number of ketones is 1. The van der Waals surface area contributed by atoms with Crippen molar-refractivity contribution in [3.63, 3.8) is 0 Å². The van der Waals surface area contributed by atoms with Crippen molar-refractivity contribution in [3.8, 4) is 0 Å². The van der Waals surface area contributed by atoms with Crippen LogP contribution in [0.25, 0.3) is 0 Å². The molecule has 0 spiro atoms. The van der Waals surface area contributed by atoms with E-state index in [9.17, 15) is 9.18 Å². The largest absolute Gasteiger partial charge is 0.310 e. The Labute approximate surface area is 103 Å². The van der Waals surface area contributed by atoms with Crippen molar-refractivity contribution in [2.24, 2.45) is 0 Å². The molecule has 1 aromatic carbocycles. The maximum absolute atomic E-state index is 13.0. The maximum Gasteiger partial charge on any atom is 0.150 e. The van der Waals surface area contributed by atoms with Gasteiger partial charge >= 0.3 is 0 Å². The monoisotopic (exact) mass is 287 g/mol. The van der Waals surface area contributed by atoms with E-state index in [1.54, 1.807) is 6.07 Å². The van der Waals surface area contributed by atoms with E-state index in [-0.39, 0.29) is 18.0 Å². The van der Waals surface area contributed by atoms with E-state index in [2.05, 4.69) is 21.2 Å². The van der Waals surface area contributed by atoms with Gasteiger partial charge in [-0.1, -0.05) is 22.9 Å². The molecule has 1 N–H and O–H groups in total. The summed E-state index contributed by atoms with van der Waals surface area (Å²) in [5, 5.41) is 3.03. The minimum absolute atomic E-state index is 0.0750. The lowest BCUT2D eigenvalue weighted by Gasteiger charge is -2.03. The second-order valence-corrected chi connectivity index (χ2v) is 4.59. The van der Waals surface area contributed by atoms with Crippen LogP contribution in [0.15, 0.2) is 22.7 Å². The molecule has 0 heterocycles. The molecule has 0 radical (unpaired) electrons. The minimum atomic E-state index is -0.321. The molecule has 0 saturated heterocycles. The molecule has 0 aromatic heterocycles. The van der Waals surface area contributed by atoms with E-state index in [0.29, 0.717) is 16.6 Å². The maximum atomic E-state index is 13.0. The molecule has 0 bridgehead atoms. The summed E-state index contributed by atoms with van der Waals surface area (Å²) < 4.78 is 13.7. The number of halogens is 2. The van der Waals surface area contributed by atoms with Crippen LogP contribution in [0.1, 0.15) is 18.9 Å². The molecule has 0 saturated carbocycles. The van der Waals surface area contributed by atoms with Crippen molar-refractivity contribution in [2.45, 2.75) is 19.8 Å². The van der Waals surface area contributed by atoms with Crippen LogP contribution >= 0.6 is 15.9 Å². The van der Waals surface area contributed by atoms with Crippen LogP contribution in [-0.2, 0) is 11.2 Å². The van der Waals surface area contributed by atoms with Gasteiger partial charge in [0.05, 0.1) is 6.54 Å². The molecular weight excluding hydrogens is 273 g/mol. The van der Waals surface area contributed by atoms with Gasteiger partial charge in [-0.2, -0.15) is 0 Å². The summed E-state index contributed by atoms with van der Waals surface area (Å²) in [6.07, 6.45) is 1.27. The van der Waals surface area contributed by atoms with Crippen LogP contribution in [0.4, 0.5) is 4.39 Å². The molecule has 1 aromatic rings. The van der Waals surface area contributed by atoms with Gasteiger partial charge in [0.15, 0.2) is 5.78 Å². The van der Waals surface area contributed by atoms with Crippen LogP contribution in [0.2, 0.25) is 0 Å². The molecular formula is C12H15BrFNO. The fourth-order valence-electron chi connectivity index (χ4n) is 1.41. The first-order valence-corrected chi connectivity index (χ1v) is 6.08. The minimum Gasteiger partial charge on any atom is -0.310 e. The van der Waals surface area contributed by atoms with Crippen molar-refractivity contribution in [1.82, 2.24) is 5.32 Å². The number of benzene rings is 1. The molecule has 88 valence electrons. The van der Waals surface area contributed by atoms with Crippen LogP contribution in [0, 0.1) is 5.82 Å². The number of rotatable bonds is 6. The molecule has 4 heteroatoms. The number of carbonyl (C=O) groups is 1. The molecule has 0 aliphatic heterocycles. The van der Waals surface area contributed by atoms with E-state index in [0.717, 1.165) is 13.0 Å². The number of hydrogen-bond acceptors (Lipinski definition) is 2. The molecule has 16 heavy (non-hydrogen) atoms. The summed E-state index contributed by atoms with van der Waals surface area (Å²) in [6, 6.07) is 4.53. The quantitative estimate of drug-likeness (QED) is 0.815. The average molecular weight is 288 g/mol. The van der Waals surface area contributed by atoms with Gasteiger partial charge in [-0.15, -0.1) is 0 Å². The lowest BCUT2D eigenvalue weighted by Crippen LogP contribution is -2.24. The van der Waals surface area contributed by atoms with E-state index in [1.165, 1.54) is 12.1 Å². The second-order valence-electron chi connectivity index (χ2n) is 3.67. The summed E-state index contributed by atoms with van der Waals surface area (Å²) >= 11 is 3.20. The van der Waals surface area contributed by atoms with Crippen molar-refractivity contribution < 1.29 is 9.18 Å². The van der Waals surface area contributed by atoms with Gasteiger partial charge in [0.25, 0.3) is 0 Å².